The monoisotopic (exact) mass is 346 g/mol. The molecule has 0 heterocycles. The molecule has 0 aliphatic carbocycles. The number of carboxylic acids is 1. The molecular weight excluding hydrogens is 324 g/mol. The molecule has 0 spiro atoms. The van der Waals surface area contributed by atoms with E-state index >= 15 is 0 Å². The summed E-state index contributed by atoms with van der Waals surface area (Å²) in [4.78, 5) is 11.5. The van der Waals surface area contributed by atoms with Crippen molar-refractivity contribution in [1.82, 2.24) is 0 Å². The van der Waals surface area contributed by atoms with E-state index in [1.165, 1.54) is 5.56 Å². The van der Waals surface area contributed by atoms with E-state index in [0.717, 1.165) is 30.4 Å². The van der Waals surface area contributed by atoms with Gasteiger partial charge in [-0.2, -0.15) is 0 Å². The van der Waals surface area contributed by atoms with Gasteiger partial charge in [-0.1, -0.05) is 49.2 Å². The van der Waals surface area contributed by atoms with Gasteiger partial charge in [-0.15, -0.1) is 0 Å². The molecule has 0 radical (unpaired) electrons. The molecule has 0 saturated carbocycles. The first kappa shape index (κ1) is 18.3. The van der Waals surface area contributed by atoms with Crippen molar-refractivity contribution in [2.45, 2.75) is 45.6 Å². The number of halogens is 1. The van der Waals surface area contributed by atoms with Crippen LogP contribution in [0.4, 0.5) is 0 Å². The minimum atomic E-state index is -0.974. The molecule has 0 fully saturated rings. The third kappa shape index (κ3) is 5.27. The van der Waals surface area contributed by atoms with E-state index in [4.69, 9.17) is 16.3 Å². The lowest BCUT2D eigenvalue weighted by Crippen LogP contribution is -2.29. The summed E-state index contributed by atoms with van der Waals surface area (Å²) in [5, 5.41) is 10.1. The van der Waals surface area contributed by atoms with Crippen LogP contribution in [0.5, 0.6) is 5.75 Å². The van der Waals surface area contributed by atoms with Crippen molar-refractivity contribution < 1.29 is 14.6 Å². The highest BCUT2D eigenvalue weighted by Gasteiger charge is 2.20. The lowest BCUT2D eigenvalue weighted by atomic mass is 10.0. The average Bonchev–Trinajstić information content (AvgIpc) is 2.56. The number of carboxylic acid groups (broad SMARTS) is 1. The predicted molar refractivity (Wildman–Crippen MR) is 97.0 cm³/mol. The number of ether oxygens (including phenoxy) is 1. The van der Waals surface area contributed by atoms with Gasteiger partial charge in [0.05, 0.1) is 0 Å². The Morgan fingerprint density at radius 2 is 1.83 bits per heavy atom. The van der Waals surface area contributed by atoms with Crippen LogP contribution in [0.2, 0.25) is 5.02 Å². The molecule has 0 aromatic heterocycles. The molecule has 3 nitrogen and oxygen atoms in total. The summed E-state index contributed by atoms with van der Waals surface area (Å²) >= 11 is 5.99. The van der Waals surface area contributed by atoms with Gasteiger partial charge in [0.25, 0.3) is 0 Å². The fraction of sp³-hybridized carbons (Fsp3) is 0.350. The lowest BCUT2D eigenvalue weighted by Gasteiger charge is -2.16. The maximum Gasteiger partial charge on any atom is 0.345 e. The van der Waals surface area contributed by atoms with Gasteiger partial charge in [0, 0.05) is 11.4 Å². The van der Waals surface area contributed by atoms with Crippen LogP contribution in [0.3, 0.4) is 0 Å². The normalized spacial score (nSPS) is 12.0. The van der Waals surface area contributed by atoms with Crippen molar-refractivity contribution in [2.75, 3.05) is 0 Å². The minimum Gasteiger partial charge on any atom is -0.478 e. The molecule has 2 aromatic rings. The number of aryl methyl sites for hydroxylation is 2. The maximum atomic E-state index is 11.5. The summed E-state index contributed by atoms with van der Waals surface area (Å²) in [6, 6.07) is 13.3. The molecule has 2 rings (SSSR count). The van der Waals surface area contributed by atoms with E-state index in [0.29, 0.717) is 17.2 Å². The topological polar surface area (TPSA) is 46.5 Å². The number of hydrogen-bond donors (Lipinski definition) is 1. The molecule has 1 N–H and O–H groups in total. The Kier molecular flexibility index (Phi) is 6.68. The zero-order valence-electron chi connectivity index (χ0n) is 14.1. The van der Waals surface area contributed by atoms with Crippen LogP contribution in [0.1, 0.15) is 36.5 Å². The van der Waals surface area contributed by atoms with Gasteiger partial charge >= 0.3 is 5.97 Å². The Morgan fingerprint density at radius 1 is 1.17 bits per heavy atom. The van der Waals surface area contributed by atoms with E-state index in [9.17, 15) is 9.90 Å². The highest BCUT2D eigenvalue weighted by atomic mass is 35.5. The van der Waals surface area contributed by atoms with Crippen molar-refractivity contribution in [3.8, 4) is 5.75 Å². The number of rotatable bonds is 8. The van der Waals surface area contributed by atoms with E-state index in [1.807, 2.05) is 19.1 Å². The highest BCUT2D eigenvalue weighted by molar-refractivity contribution is 6.31. The Balaban J connectivity index is 2.05. The number of aliphatic carboxylic acids is 1. The number of unbranched alkanes of at least 4 members (excludes halogenated alkanes) is 1. The largest absolute Gasteiger partial charge is 0.478 e. The number of carbonyl (C=O) groups is 1. The smallest absolute Gasteiger partial charge is 0.345 e. The molecular formula is C20H23ClO3. The highest BCUT2D eigenvalue weighted by Crippen LogP contribution is 2.23. The average molecular weight is 347 g/mol. The van der Waals surface area contributed by atoms with Crippen molar-refractivity contribution in [3.05, 3.63) is 64.2 Å². The van der Waals surface area contributed by atoms with Crippen molar-refractivity contribution in [1.29, 1.82) is 0 Å². The third-order valence-corrected chi connectivity index (χ3v) is 4.37. The Bertz CT molecular complexity index is 680. The molecule has 0 amide bonds. The first-order valence-electron chi connectivity index (χ1n) is 8.23. The van der Waals surface area contributed by atoms with Crippen LogP contribution in [0.25, 0.3) is 0 Å². The molecule has 24 heavy (non-hydrogen) atoms. The number of hydrogen-bond acceptors (Lipinski definition) is 2. The molecule has 0 unspecified atom stereocenters. The molecule has 0 bridgehead atoms. The lowest BCUT2D eigenvalue weighted by molar-refractivity contribution is -0.145. The van der Waals surface area contributed by atoms with Gasteiger partial charge in [-0.3, -0.25) is 0 Å². The van der Waals surface area contributed by atoms with E-state index in [2.05, 4.69) is 19.1 Å². The Labute approximate surface area is 148 Å². The molecule has 4 heteroatoms. The van der Waals surface area contributed by atoms with Crippen molar-refractivity contribution in [2.24, 2.45) is 0 Å². The number of benzene rings is 2. The summed E-state index contributed by atoms with van der Waals surface area (Å²) in [6.45, 7) is 4.03. The van der Waals surface area contributed by atoms with Gasteiger partial charge in [-0.05, 0) is 54.7 Å². The van der Waals surface area contributed by atoms with E-state index in [-0.39, 0.29) is 0 Å². The van der Waals surface area contributed by atoms with Crippen LogP contribution in [-0.2, 0) is 17.6 Å². The summed E-state index contributed by atoms with van der Waals surface area (Å²) in [5.41, 5.74) is 3.09. The van der Waals surface area contributed by atoms with Gasteiger partial charge in [0.2, 0.25) is 0 Å². The second kappa shape index (κ2) is 8.74. The first-order chi connectivity index (χ1) is 11.5. The SMILES string of the molecule is CCCCc1ccc(C[C@H](Oc2ccc(Cl)c(C)c2)C(=O)O)cc1. The molecule has 1 atom stereocenters. The molecule has 0 aliphatic heterocycles. The fourth-order valence-corrected chi connectivity index (χ4v) is 2.59. The Morgan fingerprint density at radius 3 is 2.42 bits per heavy atom. The third-order valence-electron chi connectivity index (χ3n) is 3.95. The van der Waals surface area contributed by atoms with Crippen LogP contribution in [0.15, 0.2) is 42.5 Å². The summed E-state index contributed by atoms with van der Waals surface area (Å²) in [6.07, 6.45) is 2.78. The van der Waals surface area contributed by atoms with Gasteiger partial charge in [0.1, 0.15) is 5.75 Å². The molecule has 2 aromatic carbocycles. The van der Waals surface area contributed by atoms with Crippen LogP contribution in [0, 0.1) is 6.92 Å². The zero-order valence-corrected chi connectivity index (χ0v) is 14.8. The van der Waals surface area contributed by atoms with Crippen LogP contribution >= 0.6 is 11.6 Å². The second-order valence-electron chi connectivity index (χ2n) is 5.98. The minimum absolute atomic E-state index is 0.324. The summed E-state index contributed by atoms with van der Waals surface area (Å²) in [5.74, 6) is -0.457. The fourth-order valence-electron chi connectivity index (χ4n) is 2.47. The van der Waals surface area contributed by atoms with Crippen LogP contribution < -0.4 is 4.74 Å². The van der Waals surface area contributed by atoms with Crippen molar-refractivity contribution >= 4 is 17.6 Å². The quantitative estimate of drug-likeness (QED) is 0.726. The van der Waals surface area contributed by atoms with E-state index < -0.39 is 12.1 Å². The second-order valence-corrected chi connectivity index (χ2v) is 6.39. The summed E-state index contributed by atoms with van der Waals surface area (Å²) < 4.78 is 5.65. The van der Waals surface area contributed by atoms with Gasteiger partial charge in [-0.25, -0.2) is 4.79 Å². The summed E-state index contributed by atoms with van der Waals surface area (Å²) in [7, 11) is 0. The van der Waals surface area contributed by atoms with Gasteiger partial charge in [0.15, 0.2) is 6.10 Å². The standard InChI is InChI=1S/C20H23ClO3/c1-3-4-5-15-6-8-16(9-7-15)13-19(20(22)23)24-17-10-11-18(21)14(2)12-17/h6-12,19H,3-5,13H2,1-2H3,(H,22,23)/t19-/m0/s1. The van der Waals surface area contributed by atoms with Crippen molar-refractivity contribution in [3.63, 3.8) is 0 Å². The molecule has 0 saturated heterocycles. The zero-order chi connectivity index (χ0) is 17.5. The van der Waals surface area contributed by atoms with Crippen LogP contribution in [-0.4, -0.2) is 17.2 Å². The Hall–Kier alpha value is -2.00. The first-order valence-corrected chi connectivity index (χ1v) is 8.61. The van der Waals surface area contributed by atoms with Gasteiger partial charge < -0.3 is 9.84 Å². The molecule has 0 aliphatic rings. The molecule has 128 valence electrons. The predicted octanol–water partition coefficient (Wildman–Crippen LogP) is 5.07. The maximum absolute atomic E-state index is 11.5. The van der Waals surface area contributed by atoms with E-state index in [1.54, 1.807) is 18.2 Å².